The monoisotopic (exact) mass is 549 g/mol. The second-order valence-corrected chi connectivity index (χ2v) is 11.1. The molecule has 2 atom stereocenters. The second kappa shape index (κ2) is 10.5. The van der Waals surface area contributed by atoms with Crippen LogP contribution < -0.4 is 70.2 Å². The number of hydrogen-bond acceptors (Lipinski definition) is 9. The first-order chi connectivity index (χ1) is 15.7. The number of ketones is 2. The smallest absolute Gasteiger partial charge is 0.746 e. The molecule has 14 heteroatoms. The number of nitrogens with one attached hydrogen (secondary N) is 1. The Bertz CT molecular complexity index is 1570. The number of hydrogen-bond donors (Lipinski definition) is 3. The van der Waals surface area contributed by atoms with Gasteiger partial charge in [-0.1, -0.05) is 43.3 Å². The number of allylic oxidation sites excluding steroid dienone is 1. The molecule has 0 aliphatic heterocycles. The van der Waals surface area contributed by atoms with Crippen molar-refractivity contribution in [2.75, 3.05) is 5.32 Å². The summed E-state index contributed by atoms with van der Waals surface area (Å²) in [6, 6.07) is 9.75. The first kappa shape index (κ1) is 31.1. The molecule has 0 fully saturated rings. The van der Waals surface area contributed by atoms with Crippen molar-refractivity contribution in [3.05, 3.63) is 82.1 Å². The zero-order valence-electron chi connectivity index (χ0n) is 19.9. The molecule has 0 heterocycles. The van der Waals surface area contributed by atoms with Crippen LogP contribution in [-0.2, 0) is 20.2 Å². The third kappa shape index (κ3) is 4.97. The quantitative estimate of drug-likeness (QED) is 0.249. The van der Waals surface area contributed by atoms with Crippen LogP contribution in [0.15, 0.2) is 70.3 Å². The van der Waals surface area contributed by atoms with Gasteiger partial charge in [0, 0.05) is 28.3 Å². The Labute approximate surface area is 252 Å². The summed E-state index contributed by atoms with van der Waals surface area (Å²) in [6.07, 6.45) is 1.18. The summed E-state index contributed by atoms with van der Waals surface area (Å²) in [5, 5.41) is 2.72. The van der Waals surface area contributed by atoms with Crippen LogP contribution in [0, 0.1) is 12.8 Å². The number of carbonyl (C=O) groups is 2. The first-order valence-corrected chi connectivity index (χ1v) is 12.8. The van der Waals surface area contributed by atoms with Gasteiger partial charge in [-0.05, 0) is 24.6 Å². The number of Topliss-reactive ketones (excluding diaryl/α,β-unsaturated/α-hetero) is 2. The number of rotatable bonds is 4. The number of nitrogens with two attached hydrogens (primary N) is 1. The fraction of sp³-hybridized carbons (Fsp3) is 0.182. The predicted octanol–water partition coefficient (Wildman–Crippen LogP) is -4.23. The molecule has 2 aliphatic carbocycles. The van der Waals surface area contributed by atoms with Crippen molar-refractivity contribution in [1.29, 1.82) is 0 Å². The van der Waals surface area contributed by atoms with Crippen LogP contribution >= 0.6 is 0 Å². The number of aryl methyl sites for hydroxylation is 1. The first-order valence-electron chi connectivity index (χ1n) is 9.92. The van der Waals surface area contributed by atoms with Gasteiger partial charge < -0.3 is 15.6 Å². The van der Waals surface area contributed by atoms with Crippen molar-refractivity contribution in [1.82, 2.24) is 0 Å². The Morgan fingerprint density at radius 2 is 1.56 bits per heavy atom. The van der Waals surface area contributed by atoms with Crippen LogP contribution in [0.25, 0.3) is 0 Å². The maximum Gasteiger partial charge on any atom is 1.00 e. The molecule has 0 saturated carbocycles. The van der Waals surface area contributed by atoms with Gasteiger partial charge in [-0.2, -0.15) is 8.42 Å². The average Bonchev–Trinajstić information content (AvgIpc) is 2.74. The molecule has 10 nitrogen and oxygen atoms in total. The van der Waals surface area contributed by atoms with Crippen molar-refractivity contribution >= 4 is 37.5 Å². The van der Waals surface area contributed by atoms with E-state index in [9.17, 15) is 35.5 Å². The van der Waals surface area contributed by atoms with Crippen molar-refractivity contribution < 1.29 is 94.6 Å². The van der Waals surface area contributed by atoms with Crippen molar-refractivity contribution in [2.45, 2.75) is 23.6 Å². The van der Waals surface area contributed by atoms with Crippen LogP contribution in [-0.4, -0.2) is 42.4 Å². The zero-order valence-corrected chi connectivity index (χ0v) is 25.5. The normalized spacial score (nSPS) is 21.5. The number of benzene rings is 2. The standard InChI is InChI=1S/C22H20N2O8S2.2Na/c1-11-7-8-15(17(9-11)33(27,28)29)24-16-10-12(2)22(23,34(30,31)32)19-18(16)20(25)13-5-3-4-6-14(13)21(19)26;;/h3-10,12,24H,23H2,1-2H3,(H,27,28,29)(H,30,31,32);;/q;2*+1/p-1. The molecule has 2 aromatic rings. The van der Waals surface area contributed by atoms with Gasteiger partial charge in [0.25, 0.3) is 10.1 Å². The molecule has 0 aromatic heterocycles. The Hall–Kier alpha value is -1.16. The summed E-state index contributed by atoms with van der Waals surface area (Å²) in [6.45, 7) is 2.89. The number of fused-ring (bicyclic) bond motifs is 1. The Balaban J connectivity index is 0.00000228. The maximum absolute atomic E-state index is 13.4. The fourth-order valence-corrected chi connectivity index (χ4v) is 5.94. The van der Waals surface area contributed by atoms with E-state index < -0.39 is 58.6 Å². The van der Waals surface area contributed by atoms with Gasteiger partial charge in [0.2, 0.25) is 0 Å². The van der Waals surface area contributed by atoms with E-state index in [1.165, 1.54) is 55.5 Å². The maximum atomic E-state index is 13.4. The molecule has 2 aliphatic rings. The van der Waals surface area contributed by atoms with Gasteiger partial charge in [-0.15, -0.1) is 0 Å². The molecule has 4 rings (SSSR count). The second-order valence-electron chi connectivity index (χ2n) is 8.17. The van der Waals surface area contributed by atoms with Gasteiger partial charge in [0.1, 0.15) is 19.9 Å². The molecule has 0 radical (unpaired) electrons. The molecule has 0 spiro atoms. The van der Waals surface area contributed by atoms with Crippen molar-refractivity contribution in [3.8, 4) is 0 Å². The van der Waals surface area contributed by atoms with Gasteiger partial charge in [-0.25, -0.2) is 8.42 Å². The predicted molar refractivity (Wildman–Crippen MR) is 121 cm³/mol. The summed E-state index contributed by atoms with van der Waals surface area (Å²) in [5.41, 5.74) is 5.07. The van der Waals surface area contributed by atoms with E-state index in [1.807, 2.05) is 0 Å². The molecule has 178 valence electrons. The minimum atomic E-state index is -5.35. The minimum Gasteiger partial charge on any atom is -0.746 e. The average molecular weight is 550 g/mol. The minimum absolute atomic E-state index is 0. The van der Waals surface area contributed by atoms with Gasteiger partial charge >= 0.3 is 59.1 Å². The number of anilines is 1. The Morgan fingerprint density at radius 3 is 2.08 bits per heavy atom. The van der Waals surface area contributed by atoms with Crippen LogP contribution in [0.5, 0.6) is 0 Å². The molecule has 0 bridgehead atoms. The fourth-order valence-electron chi connectivity index (χ4n) is 4.24. The summed E-state index contributed by atoms with van der Waals surface area (Å²) < 4.78 is 70.4. The molecule has 0 saturated heterocycles. The molecular weight excluding hydrogens is 530 g/mol. The topological polar surface area (TPSA) is 184 Å². The molecule has 36 heavy (non-hydrogen) atoms. The van der Waals surface area contributed by atoms with Crippen molar-refractivity contribution in [2.24, 2.45) is 11.7 Å². The van der Waals surface area contributed by atoms with Gasteiger partial charge in [-0.3, -0.25) is 14.1 Å². The third-order valence-corrected chi connectivity index (χ3v) is 8.27. The Morgan fingerprint density at radius 1 is 1.00 bits per heavy atom. The summed E-state index contributed by atoms with van der Waals surface area (Å²) in [4.78, 5) is 23.6. The van der Waals surface area contributed by atoms with E-state index >= 15 is 0 Å². The Kier molecular flexibility index (Phi) is 9.09. The van der Waals surface area contributed by atoms with Gasteiger partial charge in [0.15, 0.2) is 11.6 Å². The van der Waals surface area contributed by atoms with Crippen molar-refractivity contribution in [3.63, 3.8) is 0 Å². The van der Waals surface area contributed by atoms with E-state index in [4.69, 9.17) is 5.73 Å². The molecule has 4 N–H and O–H groups in total. The molecular formula is C22H19N2Na2O8S2+. The van der Waals surface area contributed by atoms with E-state index in [2.05, 4.69) is 5.32 Å². The van der Waals surface area contributed by atoms with Gasteiger partial charge in [0.05, 0.1) is 11.3 Å². The van der Waals surface area contributed by atoms with E-state index in [-0.39, 0.29) is 81.6 Å². The van der Waals surface area contributed by atoms with E-state index in [0.29, 0.717) is 5.56 Å². The third-order valence-electron chi connectivity index (χ3n) is 5.97. The summed E-state index contributed by atoms with van der Waals surface area (Å²) in [7, 11) is -10.0. The van der Waals surface area contributed by atoms with E-state index in [1.54, 1.807) is 6.92 Å². The summed E-state index contributed by atoms with van der Waals surface area (Å²) in [5.74, 6) is -2.95. The largest absolute Gasteiger partial charge is 1.00 e. The SMILES string of the molecule is Cc1ccc(NC2=CC(C)C(N)(S(=O)(=O)[O-])C3=C2C(=O)c2ccccc2C3=O)c(S(=O)(=O)O)c1.[Na+].[Na+]. The molecule has 2 unspecified atom stereocenters. The molecule has 2 aromatic carbocycles. The van der Waals surface area contributed by atoms with Crippen LogP contribution in [0.1, 0.15) is 33.2 Å². The van der Waals surface area contributed by atoms with Crippen LogP contribution in [0.4, 0.5) is 5.69 Å². The zero-order chi connectivity index (χ0) is 25.2. The van der Waals surface area contributed by atoms with Crippen LogP contribution in [0.2, 0.25) is 0 Å². The number of carbonyl (C=O) groups excluding carboxylic acids is 2. The van der Waals surface area contributed by atoms with E-state index in [0.717, 1.165) is 0 Å². The molecule has 0 amide bonds. The van der Waals surface area contributed by atoms with Crippen LogP contribution in [0.3, 0.4) is 0 Å². The summed E-state index contributed by atoms with van der Waals surface area (Å²) >= 11 is 0.